The number of hydrogen-bond acceptors (Lipinski definition) is 3. The summed E-state index contributed by atoms with van der Waals surface area (Å²) in [6.07, 6.45) is -0.502. The lowest BCUT2D eigenvalue weighted by Gasteiger charge is -2.18. The third-order valence-corrected chi connectivity index (χ3v) is 3.14. The lowest BCUT2D eigenvalue weighted by Crippen LogP contribution is -2.29. The molecule has 1 aromatic carbocycles. The van der Waals surface area contributed by atoms with E-state index in [9.17, 15) is 9.59 Å². The Bertz CT molecular complexity index is 530. The molecule has 23 heavy (non-hydrogen) atoms. The number of ether oxygens (including phenoxy) is 1. The van der Waals surface area contributed by atoms with Crippen molar-refractivity contribution in [1.82, 2.24) is 0 Å². The first-order valence-electron chi connectivity index (χ1n) is 7.93. The summed E-state index contributed by atoms with van der Waals surface area (Å²) in [6, 6.07) is 7.04. The van der Waals surface area contributed by atoms with E-state index in [0.717, 1.165) is 0 Å². The molecule has 1 atom stereocenters. The van der Waals surface area contributed by atoms with E-state index in [1.54, 1.807) is 31.2 Å². The first-order chi connectivity index (χ1) is 10.6. The smallest absolute Gasteiger partial charge is 0.253 e. The van der Waals surface area contributed by atoms with Gasteiger partial charge in [-0.05, 0) is 37.1 Å². The average molecular weight is 320 g/mol. The third kappa shape index (κ3) is 6.82. The van der Waals surface area contributed by atoms with Crippen LogP contribution in [-0.2, 0) is 14.3 Å². The fraction of sp³-hybridized carbons (Fsp3) is 0.556. The second-order valence-corrected chi connectivity index (χ2v) is 7.14. The van der Waals surface area contributed by atoms with Gasteiger partial charge in [0.1, 0.15) is 6.10 Å². The molecule has 0 spiro atoms. The van der Waals surface area contributed by atoms with Crippen LogP contribution in [0.3, 0.4) is 0 Å². The number of anilines is 2. The zero-order valence-corrected chi connectivity index (χ0v) is 14.9. The number of carbonyl (C=O) groups is 2. The monoisotopic (exact) mass is 320 g/mol. The molecule has 5 nitrogen and oxygen atoms in total. The highest BCUT2D eigenvalue weighted by atomic mass is 16.5. The van der Waals surface area contributed by atoms with Gasteiger partial charge in [-0.25, -0.2) is 0 Å². The Morgan fingerprint density at radius 1 is 1.00 bits per heavy atom. The van der Waals surface area contributed by atoms with Crippen LogP contribution in [0.5, 0.6) is 0 Å². The van der Waals surface area contributed by atoms with Crippen molar-refractivity contribution in [2.24, 2.45) is 11.3 Å². The van der Waals surface area contributed by atoms with Crippen LogP contribution in [0.2, 0.25) is 0 Å². The summed E-state index contributed by atoms with van der Waals surface area (Å²) in [4.78, 5) is 23.9. The van der Waals surface area contributed by atoms with Crippen molar-refractivity contribution in [1.29, 1.82) is 0 Å². The van der Waals surface area contributed by atoms with E-state index in [1.807, 2.05) is 34.6 Å². The summed E-state index contributed by atoms with van der Waals surface area (Å²) in [6.45, 7) is 11.9. The lowest BCUT2D eigenvalue weighted by atomic mass is 9.95. The molecule has 0 aromatic heterocycles. The van der Waals surface area contributed by atoms with E-state index in [2.05, 4.69) is 10.6 Å². The van der Waals surface area contributed by atoms with E-state index in [4.69, 9.17) is 4.74 Å². The molecular weight excluding hydrogens is 292 g/mol. The van der Waals surface area contributed by atoms with Gasteiger partial charge in [0.05, 0.1) is 0 Å². The highest BCUT2D eigenvalue weighted by molar-refractivity contribution is 5.96. The van der Waals surface area contributed by atoms with Gasteiger partial charge in [0.15, 0.2) is 0 Å². The van der Waals surface area contributed by atoms with Gasteiger partial charge < -0.3 is 15.4 Å². The summed E-state index contributed by atoms with van der Waals surface area (Å²) in [5, 5.41) is 5.64. The van der Waals surface area contributed by atoms with Crippen LogP contribution in [0.1, 0.15) is 41.5 Å². The minimum atomic E-state index is -0.502. The molecule has 0 saturated heterocycles. The molecule has 0 radical (unpaired) electrons. The number of benzene rings is 1. The normalized spacial score (nSPS) is 12.8. The molecule has 0 aliphatic heterocycles. The summed E-state index contributed by atoms with van der Waals surface area (Å²) >= 11 is 0. The third-order valence-electron chi connectivity index (χ3n) is 3.14. The largest absolute Gasteiger partial charge is 0.368 e. The van der Waals surface area contributed by atoms with Gasteiger partial charge in [0.2, 0.25) is 5.91 Å². The average Bonchev–Trinajstić information content (AvgIpc) is 2.45. The summed E-state index contributed by atoms with van der Waals surface area (Å²) < 4.78 is 5.48. The molecule has 0 heterocycles. The molecule has 5 heteroatoms. The molecular formula is C18H28N2O3. The molecule has 1 rings (SSSR count). The molecule has 0 aliphatic carbocycles. The van der Waals surface area contributed by atoms with Gasteiger partial charge in [0, 0.05) is 23.4 Å². The second-order valence-electron chi connectivity index (χ2n) is 7.14. The molecule has 0 saturated carbocycles. The van der Waals surface area contributed by atoms with E-state index >= 15 is 0 Å². The van der Waals surface area contributed by atoms with Crippen LogP contribution >= 0.6 is 0 Å². The summed E-state index contributed by atoms with van der Waals surface area (Å²) in [7, 11) is 0. The molecule has 0 fully saturated rings. The first-order valence-corrected chi connectivity index (χ1v) is 7.93. The fourth-order valence-corrected chi connectivity index (χ4v) is 1.61. The number of amides is 2. The quantitative estimate of drug-likeness (QED) is 0.840. The van der Waals surface area contributed by atoms with Crippen LogP contribution < -0.4 is 10.6 Å². The molecule has 0 unspecified atom stereocenters. The minimum absolute atomic E-state index is 0.0509. The van der Waals surface area contributed by atoms with Crippen molar-refractivity contribution in [3.8, 4) is 0 Å². The summed E-state index contributed by atoms with van der Waals surface area (Å²) in [5.41, 5.74) is 0.923. The molecule has 2 amide bonds. The van der Waals surface area contributed by atoms with E-state index in [1.165, 1.54) is 0 Å². The Labute approximate surface area is 138 Å². The maximum Gasteiger partial charge on any atom is 0.253 e. The van der Waals surface area contributed by atoms with Crippen molar-refractivity contribution in [2.75, 3.05) is 17.2 Å². The minimum Gasteiger partial charge on any atom is -0.368 e. The number of hydrogen-bond donors (Lipinski definition) is 2. The molecule has 0 aliphatic rings. The second kappa shape index (κ2) is 8.11. The Balaban J connectivity index is 2.57. The maximum atomic E-state index is 12.0. The molecule has 2 N–H and O–H groups in total. The fourth-order valence-electron chi connectivity index (χ4n) is 1.61. The number of carbonyl (C=O) groups excluding carboxylic acids is 2. The summed E-state index contributed by atoms with van der Waals surface area (Å²) in [5.74, 6) is 0.151. The van der Waals surface area contributed by atoms with Gasteiger partial charge in [-0.15, -0.1) is 0 Å². The van der Waals surface area contributed by atoms with Crippen LogP contribution in [0.4, 0.5) is 11.4 Å². The van der Waals surface area contributed by atoms with Crippen molar-refractivity contribution in [2.45, 2.75) is 47.6 Å². The first kappa shape index (κ1) is 19.2. The van der Waals surface area contributed by atoms with Gasteiger partial charge in [-0.2, -0.15) is 0 Å². The van der Waals surface area contributed by atoms with Crippen molar-refractivity contribution < 1.29 is 14.3 Å². The van der Waals surface area contributed by atoms with Crippen molar-refractivity contribution >= 4 is 23.2 Å². The van der Waals surface area contributed by atoms with Crippen LogP contribution in [0, 0.1) is 11.3 Å². The standard InChI is InChI=1S/C18H28N2O3/c1-12(2)11-23-13(3)16(21)19-14-7-9-15(10-8-14)20-17(22)18(4,5)6/h7-10,12-13H,11H2,1-6H3,(H,19,21)(H,20,22)/t13-/m1/s1. The van der Waals surface area contributed by atoms with E-state index < -0.39 is 11.5 Å². The molecule has 1 aromatic rings. The van der Waals surface area contributed by atoms with Crippen LogP contribution in [0.15, 0.2) is 24.3 Å². The lowest BCUT2D eigenvalue weighted by molar-refractivity contribution is -0.127. The maximum absolute atomic E-state index is 12.0. The topological polar surface area (TPSA) is 67.4 Å². The zero-order valence-electron chi connectivity index (χ0n) is 14.9. The number of rotatable bonds is 6. The Morgan fingerprint density at radius 2 is 1.48 bits per heavy atom. The molecule has 0 bridgehead atoms. The predicted octanol–water partition coefficient (Wildman–Crippen LogP) is 3.67. The van der Waals surface area contributed by atoms with E-state index in [-0.39, 0.29) is 11.8 Å². The van der Waals surface area contributed by atoms with Gasteiger partial charge >= 0.3 is 0 Å². The van der Waals surface area contributed by atoms with Crippen LogP contribution in [-0.4, -0.2) is 24.5 Å². The van der Waals surface area contributed by atoms with Crippen molar-refractivity contribution in [3.63, 3.8) is 0 Å². The Morgan fingerprint density at radius 3 is 1.91 bits per heavy atom. The number of nitrogens with one attached hydrogen (secondary N) is 2. The highest BCUT2D eigenvalue weighted by Crippen LogP contribution is 2.19. The Kier molecular flexibility index (Phi) is 6.76. The molecule has 128 valence electrons. The zero-order chi connectivity index (χ0) is 17.6. The van der Waals surface area contributed by atoms with Gasteiger partial charge in [-0.3, -0.25) is 9.59 Å². The Hall–Kier alpha value is -1.88. The van der Waals surface area contributed by atoms with E-state index in [0.29, 0.717) is 23.9 Å². The van der Waals surface area contributed by atoms with Crippen LogP contribution in [0.25, 0.3) is 0 Å². The van der Waals surface area contributed by atoms with Crippen molar-refractivity contribution in [3.05, 3.63) is 24.3 Å². The predicted molar refractivity (Wildman–Crippen MR) is 93.4 cm³/mol. The SMILES string of the molecule is CC(C)CO[C@H](C)C(=O)Nc1ccc(NC(=O)C(C)(C)C)cc1. The van der Waals surface area contributed by atoms with Gasteiger partial charge in [-0.1, -0.05) is 34.6 Å². The van der Waals surface area contributed by atoms with Gasteiger partial charge in [0.25, 0.3) is 5.91 Å². The highest BCUT2D eigenvalue weighted by Gasteiger charge is 2.21.